The number of rotatable bonds is 27. The van der Waals surface area contributed by atoms with Crippen molar-refractivity contribution in [2.24, 2.45) is 0 Å². The molecule has 0 saturated heterocycles. The van der Waals surface area contributed by atoms with Crippen LogP contribution >= 0.6 is 0 Å². The van der Waals surface area contributed by atoms with Gasteiger partial charge in [0.15, 0.2) is 0 Å². The number of ether oxygens (including phenoxy) is 7. The van der Waals surface area contributed by atoms with E-state index in [1.807, 2.05) is 0 Å². The van der Waals surface area contributed by atoms with Crippen LogP contribution in [0.1, 0.15) is 139 Å². The van der Waals surface area contributed by atoms with Crippen molar-refractivity contribution in [2.45, 2.75) is 100 Å². The first kappa shape index (κ1) is 53.0. The molecule has 0 heterocycles. The van der Waals surface area contributed by atoms with Crippen molar-refractivity contribution < 1.29 is 33.2 Å². The molecule has 7 nitrogen and oxygen atoms in total. The fraction of sp³-hybridized carbons (Fsp3) is 0.354. The molecular weight excluding hydrogens is 893 g/mol. The fourth-order valence-electron chi connectivity index (χ4n) is 10.8. The zero-order valence-corrected chi connectivity index (χ0v) is 44.0. The highest BCUT2D eigenvalue weighted by Gasteiger charge is 2.31. The summed E-state index contributed by atoms with van der Waals surface area (Å²) in [5.74, 6) is 7.77. The van der Waals surface area contributed by atoms with E-state index in [2.05, 4.69) is 184 Å². The summed E-state index contributed by atoms with van der Waals surface area (Å²) >= 11 is 0. The van der Waals surface area contributed by atoms with Gasteiger partial charge in [-0.3, -0.25) is 0 Å². The van der Waals surface area contributed by atoms with Crippen molar-refractivity contribution in [1.29, 1.82) is 0 Å². The zero-order valence-electron chi connectivity index (χ0n) is 44.0. The van der Waals surface area contributed by atoms with Crippen molar-refractivity contribution in [2.75, 3.05) is 49.8 Å². The number of benzene rings is 7. The van der Waals surface area contributed by atoms with E-state index in [-0.39, 0.29) is 29.6 Å². The van der Waals surface area contributed by atoms with Crippen LogP contribution in [0, 0.1) is 0 Å². The average Bonchev–Trinajstić information content (AvgIpc) is 3.45. The molecule has 0 saturated carbocycles. The molecule has 72 heavy (non-hydrogen) atoms. The van der Waals surface area contributed by atoms with Crippen LogP contribution in [-0.2, 0) is 0 Å². The second-order valence-electron chi connectivity index (χ2n) is 19.3. The van der Waals surface area contributed by atoms with Crippen LogP contribution in [0.15, 0.2) is 170 Å². The summed E-state index contributed by atoms with van der Waals surface area (Å²) in [7, 11) is 12.2. The van der Waals surface area contributed by atoms with Gasteiger partial charge in [0.1, 0.15) is 40.2 Å². The van der Waals surface area contributed by atoms with Crippen LogP contribution in [0.4, 0.5) is 0 Å². The molecule has 7 rings (SSSR count). The Labute approximate surface area is 430 Å². The van der Waals surface area contributed by atoms with Crippen molar-refractivity contribution in [3.05, 3.63) is 209 Å². The van der Waals surface area contributed by atoms with E-state index in [1.165, 1.54) is 38.9 Å². The van der Waals surface area contributed by atoms with Crippen LogP contribution in [-0.4, -0.2) is 49.8 Å². The second kappa shape index (κ2) is 26.5. The maximum absolute atomic E-state index is 5.76. The lowest BCUT2D eigenvalue weighted by molar-refractivity contribution is 0.380. The smallest absolute Gasteiger partial charge is 0.118 e. The van der Waals surface area contributed by atoms with E-state index in [0.717, 1.165) is 85.2 Å². The maximum Gasteiger partial charge on any atom is 0.118 e. The molecule has 7 heteroatoms. The lowest BCUT2D eigenvalue weighted by Gasteiger charge is -2.33. The van der Waals surface area contributed by atoms with Gasteiger partial charge in [0.05, 0.1) is 49.8 Å². The fourth-order valence-corrected chi connectivity index (χ4v) is 10.8. The number of methoxy groups -OCH3 is 7. The summed E-state index contributed by atoms with van der Waals surface area (Å²) in [6, 6.07) is 61.3. The Morgan fingerprint density at radius 1 is 0.236 bits per heavy atom. The standard InChI is InChI=1S/C65H76O7/c1-10-46(48-13-27-60(67-4)28-14-48)40-55(50-17-31-62(69-6)32-18-50)42-57(52-21-35-64(71-8)36-22-52)44-58(53-23-37-65(72-9)38-24-53)43-56(51-19-33-63(70-7)34-20-51)41-54(49-15-29-61(68-5)30-16-49)39-45(2)47-11-25-59(66-3)26-12-47/h11-38,45-46,54-58H,10,39-44H2,1-9H3. The summed E-state index contributed by atoms with van der Waals surface area (Å²) in [4.78, 5) is 0. The van der Waals surface area contributed by atoms with Crippen LogP contribution in [0.3, 0.4) is 0 Å². The third kappa shape index (κ3) is 14.2. The highest BCUT2D eigenvalue weighted by Crippen LogP contribution is 2.48. The highest BCUT2D eigenvalue weighted by atomic mass is 16.5. The number of hydrogen-bond acceptors (Lipinski definition) is 7. The first-order valence-corrected chi connectivity index (χ1v) is 25.6. The lowest BCUT2D eigenvalue weighted by Crippen LogP contribution is -2.17. The Morgan fingerprint density at radius 2 is 0.403 bits per heavy atom. The average molecular weight is 969 g/mol. The summed E-state index contributed by atoms with van der Waals surface area (Å²) in [5.41, 5.74) is 9.22. The molecule has 0 aliphatic heterocycles. The molecule has 0 aliphatic rings. The molecule has 0 fully saturated rings. The Balaban J connectivity index is 1.32. The molecule has 0 aliphatic carbocycles. The Morgan fingerprint density at radius 3 is 0.597 bits per heavy atom. The van der Waals surface area contributed by atoms with Gasteiger partial charge in [-0.15, -0.1) is 0 Å². The highest BCUT2D eigenvalue weighted by molar-refractivity contribution is 5.38. The minimum absolute atomic E-state index is 0.186. The Bertz CT molecular complexity index is 2630. The molecule has 0 bridgehead atoms. The van der Waals surface area contributed by atoms with Gasteiger partial charge in [0.25, 0.3) is 0 Å². The van der Waals surface area contributed by atoms with Gasteiger partial charge in [-0.25, -0.2) is 0 Å². The summed E-state index contributed by atoms with van der Waals surface area (Å²) in [6.07, 6.45) is 6.78. The van der Waals surface area contributed by atoms with Gasteiger partial charge in [0.2, 0.25) is 0 Å². The molecule has 0 N–H and O–H groups in total. The first-order valence-electron chi connectivity index (χ1n) is 25.6. The predicted molar refractivity (Wildman–Crippen MR) is 294 cm³/mol. The summed E-state index contributed by atoms with van der Waals surface area (Å²) < 4.78 is 39.7. The normalized spacial score (nSPS) is 14.2. The van der Waals surface area contributed by atoms with Gasteiger partial charge in [-0.2, -0.15) is 0 Å². The molecule has 7 unspecified atom stereocenters. The van der Waals surface area contributed by atoms with Crippen LogP contribution in [0.25, 0.3) is 0 Å². The molecule has 0 aromatic heterocycles. The molecule has 7 atom stereocenters. The molecule has 7 aromatic carbocycles. The Hall–Kier alpha value is -6.86. The van der Waals surface area contributed by atoms with Crippen LogP contribution in [0.2, 0.25) is 0 Å². The molecule has 0 amide bonds. The van der Waals surface area contributed by atoms with Crippen LogP contribution < -0.4 is 33.2 Å². The van der Waals surface area contributed by atoms with Gasteiger partial charge < -0.3 is 33.2 Å². The SMILES string of the molecule is CCC(CC(CC(CC(CC(CC(CC(C)c1ccc(OC)cc1)c1ccc(OC)cc1)c1ccc(OC)cc1)c1ccc(OC)cc1)c1ccc(OC)cc1)c1ccc(OC)cc1)c1ccc(OC)cc1. The first-order chi connectivity index (χ1) is 35.2. The summed E-state index contributed by atoms with van der Waals surface area (Å²) in [5, 5.41) is 0. The predicted octanol–water partition coefficient (Wildman–Crippen LogP) is 16.3. The van der Waals surface area contributed by atoms with Crippen molar-refractivity contribution in [3.63, 3.8) is 0 Å². The number of hydrogen-bond donors (Lipinski definition) is 0. The van der Waals surface area contributed by atoms with E-state index in [9.17, 15) is 0 Å². The van der Waals surface area contributed by atoms with Crippen LogP contribution in [0.5, 0.6) is 40.2 Å². The maximum atomic E-state index is 5.76. The second-order valence-corrected chi connectivity index (χ2v) is 19.3. The monoisotopic (exact) mass is 969 g/mol. The van der Waals surface area contributed by atoms with E-state index in [1.54, 1.807) is 49.8 Å². The van der Waals surface area contributed by atoms with Crippen molar-refractivity contribution >= 4 is 0 Å². The molecule has 0 radical (unpaired) electrons. The van der Waals surface area contributed by atoms with E-state index in [4.69, 9.17) is 33.2 Å². The van der Waals surface area contributed by atoms with Crippen molar-refractivity contribution in [3.8, 4) is 40.2 Å². The quantitative estimate of drug-likeness (QED) is 0.0509. The summed E-state index contributed by atoms with van der Waals surface area (Å²) in [6.45, 7) is 4.67. The topological polar surface area (TPSA) is 64.6 Å². The van der Waals surface area contributed by atoms with E-state index < -0.39 is 0 Å². The largest absolute Gasteiger partial charge is 0.497 e. The van der Waals surface area contributed by atoms with E-state index >= 15 is 0 Å². The Kier molecular flexibility index (Phi) is 19.5. The van der Waals surface area contributed by atoms with Gasteiger partial charge in [0, 0.05) is 0 Å². The van der Waals surface area contributed by atoms with Gasteiger partial charge in [-0.05, 0) is 210 Å². The van der Waals surface area contributed by atoms with Crippen molar-refractivity contribution in [1.82, 2.24) is 0 Å². The zero-order chi connectivity index (χ0) is 50.8. The molecule has 7 aromatic rings. The minimum Gasteiger partial charge on any atom is -0.497 e. The van der Waals surface area contributed by atoms with Gasteiger partial charge >= 0.3 is 0 Å². The lowest BCUT2D eigenvalue weighted by atomic mass is 9.71. The molecule has 0 spiro atoms. The third-order valence-corrected chi connectivity index (χ3v) is 15.2. The van der Waals surface area contributed by atoms with Gasteiger partial charge in [-0.1, -0.05) is 98.8 Å². The molecular formula is C65H76O7. The van der Waals surface area contributed by atoms with E-state index in [0.29, 0.717) is 11.8 Å². The molecule has 378 valence electrons. The third-order valence-electron chi connectivity index (χ3n) is 15.2. The minimum atomic E-state index is 0.186.